The lowest BCUT2D eigenvalue weighted by Crippen LogP contribution is -2.52. The number of aliphatic hydroxyl groups excluding tert-OH is 1. The average Bonchev–Trinajstić information content (AvgIpc) is 3.44. The Morgan fingerprint density at radius 3 is 2.24 bits per heavy atom. The van der Waals surface area contributed by atoms with E-state index < -0.39 is 29.1 Å². The van der Waals surface area contributed by atoms with Gasteiger partial charge >= 0.3 is 5.97 Å². The zero-order valence-corrected chi connectivity index (χ0v) is 27.0. The van der Waals surface area contributed by atoms with Crippen molar-refractivity contribution in [3.05, 3.63) is 89.5 Å². The van der Waals surface area contributed by atoms with Gasteiger partial charge in [-0.25, -0.2) is 10.4 Å². The summed E-state index contributed by atoms with van der Waals surface area (Å²) in [6.07, 6.45) is -0.372. The summed E-state index contributed by atoms with van der Waals surface area (Å²) in [4.78, 5) is 32.1. The van der Waals surface area contributed by atoms with Crippen molar-refractivity contribution in [1.29, 1.82) is 0 Å². The summed E-state index contributed by atoms with van der Waals surface area (Å²) in [5, 5.41) is 9.04. The molecule has 0 saturated carbocycles. The molecule has 1 aliphatic rings. The van der Waals surface area contributed by atoms with Gasteiger partial charge in [0, 0.05) is 37.6 Å². The van der Waals surface area contributed by atoms with Gasteiger partial charge in [-0.15, -0.1) is 0 Å². The first-order valence-corrected chi connectivity index (χ1v) is 15.2. The number of benzene rings is 3. The topological polar surface area (TPSA) is 137 Å². The number of carbonyl (C=O) groups excluding carboxylic acids is 2. The summed E-state index contributed by atoms with van der Waals surface area (Å²) < 4.78 is 28.5. The molecule has 0 bridgehead atoms. The number of ether oxygens (including phenoxy) is 5. The number of aliphatic imine (C=N–C) groups is 1. The molecule has 0 spiro atoms. The summed E-state index contributed by atoms with van der Waals surface area (Å²) in [6.45, 7) is 6.07. The van der Waals surface area contributed by atoms with Crippen LogP contribution in [0.5, 0.6) is 17.2 Å². The number of esters is 1. The third-order valence-corrected chi connectivity index (χ3v) is 7.17. The van der Waals surface area contributed by atoms with E-state index in [2.05, 4.69) is 10.9 Å². The SMILES string of the molecule is COc1cc(CNNC(=O)[C@@]2(CCC(=O)OC(C)(C)C)N=C(c3ccc(OCCCO)cc3)O[C@H]2c2ccccc2)cc(OC)c1. The number of carbonyl (C=O) groups is 2. The minimum absolute atomic E-state index is 0.0217. The van der Waals surface area contributed by atoms with Crippen LogP contribution in [0.25, 0.3) is 0 Å². The molecular formula is C35H43N3O8. The molecule has 1 amide bonds. The molecule has 3 N–H and O–H groups in total. The third kappa shape index (κ3) is 8.98. The molecule has 46 heavy (non-hydrogen) atoms. The van der Waals surface area contributed by atoms with Gasteiger partial charge in [-0.2, -0.15) is 0 Å². The van der Waals surface area contributed by atoms with E-state index >= 15 is 0 Å². The van der Waals surface area contributed by atoms with Crippen molar-refractivity contribution in [3.63, 3.8) is 0 Å². The molecular weight excluding hydrogens is 590 g/mol. The molecule has 246 valence electrons. The third-order valence-electron chi connectivity index (χ3n) is 7.17. The lowest BCUT2D eigenvalue weighted by molar-refractivity contribution is -0.155. The minimum Gasteiger partial charge on any atom is -0.497 e. The molecule has 11 heteroatoms. The Morgan fingerprint density at radius 1 is 0.957 bits per heavy atom. The Bertz CT molecular complexity index is 1470. The van der Waals surface area contributed by atoms with Gasteiger partial charge < -0.3 is 28.8 Å². The minimum atomic E-state index is -1.52. The van der Waals surface area contributed by atoms with E-state index in [4.69, 9.17) is 33.8 Å². The monoisotopic (exact) mass is 633 g/mol. The first-order chi connectivity index (χ1) is 22.1. The summed E-state index contributed by atoms with van der Waals surface area (Å²) in [5.41, 5.74) is 5.79. The van der Waals surface area contributed by atoms with Gasteiger partial charge in [0.25, 0.3) is 5.91 Å². The van der Waals surface area contributed by atoms with Crippen molar-refractivity contribution in [2.75, 3.05) is 27.4 Å². The van der Waals surface area contributed by atoms with Gasteiger partial charge in [0.05, 0.1) is 20.8 Å². The Balaban J connectivity index is 1.66. The van der Waals surface area contributed by atoms with Gasteiger partial charge in [-0.3, -0.25) is 15.0 Å². The van der Waals surface area contributed by atoms with Crippen molar-refractivity contribution in [1.82, 2.24) is 10.9 Å². The van der Waals surface area contributed by atoms with Gasteiger partial charge in [0.1, 0.15) is 22.8 Å². The highest BCUT2D eigenvalue weighted by molar-refractivity contribution is 6.01. The van der Waals surface area contributed by atoms with Crippen LogP contribution in [-0.2, 0) is 25.6 Å². The lowest BCUT2D eigenvalue weighted by atomic mass is 9.83. The Kier molecular flexibility index (Phi) is 11.6. The van der Waals surface area contributed by atoms with Crippen molar-refractivity contribution in [2.45, 2.75) is 63.8 Å². The average molecular weight is 634 g/mol. The predicted molar refractivity (Wildman–Crippen MR) is 173 cm³/mol. The molecule has 1 heterocycles. The molecule has 0 aliphatic carbocycles. The van der Waals surface area contributed by atoms with Crippen LogP contribution in [0.15, 0.2) is 77.8 Å². The van der Waals surface area contributed by atoms with E-state index in [9.17, 15) is 9.59 Å². The van der Waals surface area contributed by atoms with E-state index in [1.807, 2.05) is 42.5 Å². The smallest absolute Gasteiger partial charge is 0.306 e. The van der Waals surface area contributed by atoms with E-state index in [0.29, 0.717) is 35.8 Å². The predicted octanol–water partition coefficient (Wildman–Crippen LogP) is 4.66. The summed E-state index contributed by atoms with van der Waals surface area (Å²) in [5.74, 6) is 1.19. The Hall–Kier alpha value is -4.61. The number of hydrogen-bond acceptors (Lipinski definition) is 10. The summed E-state index contributed by atoms with van der Waals surface area (Å²) in [7, 11) is 3.14. The molecule has 0 aromatic heterocycles. The largest absolute Gasteiger partial charge is 0.497 e. The van der Waals surface area contributed by atoms with Gasteiger partial charge in [0.15, 0.2) is 11.6 Å². The lowest BCUT2D eigenvalue weighted by Gasteiger charge is -2.31. The fourth-order valence-corrected chi connectivity index (χ4v) is 4.99. The summed E-state index contributed by atoms with van der Waals surface area (Å²) in [6, 6.07) is 21.9. The fourth-order valence-electron chi connectivity index (χ4n) is 4.99. The van der Waals surface area contributed by atoms with E-state index in [1.54, 1.807) is 65.3 Å². The number of nitrogens with one attached hydrogen (secondary N) is 2. The molecule has 0 fully saturated rings. The van der Waals surface area contributed by atoms with Crippen molar-refractivity contribution in [2.24, 2.45) is 4.99 Å². The van der Waals surface area contributed by atoms with E-state index in [-0.39, 0.29) is 31.9 Å². The Labute approximate surface area is 269 Å². The zero-order valence-electron chi connectivity index (χ0n) is 27.0. The molecule has 0 radical (unpaired) electrons. The van der Waals surface area contributed by atoms with E-state index in [1.165, 1.54) is 0 Å². The van der Waals surface area contributed by atoms with Crippen LogP contribution in [-0.4, -0.2) is 61.5 Å². The summed E-state index contributed by atoms with van der Waals surface area (Å²) >= 11 is 0. The Morgan fingerprint density at radius 2 is 1.63 bits per heavy atom. The van der Waals surface area contributed by atoms with Crippen LogP contribution >= 0.6 is 0 Å². The van der Waals surface area contributed by atoms with Crippen LogP contribution in [0.1, 0.15) is 62.8 Å². The molecule has 2 atom stereocenters. The second-order valence-corrected chi connectivity index (χ2v) is 11.8. The van der Waals surface area contributed by atoms with Crippen LogP contribution in [0.2, 0.25) is 0 Å². The van der Waals surface area contributed by atoms with Crippen LogP contribution < -0.4 is 25.1 Å². The molecule has 4 rings (SSSR count). The fraction of sp³-hybridized carbons (Fsp3) is 0.400. The van der Waals surface area contributed by atoms with Crippen molar-refractivity contribution in [3.8, 4) is 17.2 Å². The highest BCUT2D eigenvalue weighted by Gasteiger charge is 2.53. The number of methoxy groups -OCH3 is 2. The molecule has 0 unspecified atom stereocenters. The maximum absolute atomic E-state index is 14.3. The second-order valence-electron chi connectivity index (χ2n) is 11.8. The normalized spacial score (nSPS) is 17.4. The first kappa shape index (κ1) is 34.3. The van der Waals surface area contributed by atoms with E-state index in [0.717, 1.165) is 11.1 Å². The standard InChI is InChI=1S/C35H43N3O8/c1-34(2,3)46-30(40)16-17-35(33(41)38-36-23-24-20-28(42-4)22-29(21-24)43-5)31(25-10-7-6-8-11-25)45-32(37-35)26-12-14-27(15-13-26)44-19-9-18-39/h6-8,10-15,20-22,31,36,39H,9,16-19,23H2,1-5H3,(H,38,41)/t31-,35-/m0/s1. The van der Waals surface area contributed by atoms with Crippen LogP contribution in [0.4, 0.5) is 0 Å². The number of aliphatic hydroxyl groups is 1. The molecule has 0 saturated heterocycles. The zero-order chi connectivity index (χ0) is 33.2. The molecule has 11 nitrogen and oxygen atoms in total. The van der Waals surface area contributed by atoms with Gasteiger partial charge in [0.2, 0.25) is 5.90 Å². The molecule has 3 aromatic carbocycles. The molecule has 1 aliphatic heterocycles. The highest BCUT2D eigenvalue weighted by Crippen LogP contribution is 2.43. The highest BCUT2D eigenvalue weighted by atomic mass is 16.6. The number of nitrogens with zero attached hydrogens (tertiary/aromatic N) is 1. The van der Waals surface area contributed by atoms with Crippen molar-refractivity contribution < 1.29 is 38.4 Å². The van der Waals surface area contributed by atoms with Crippen LogP contribution in [0, 0.1) is 0 Å². The van der Waals surface area contributed by atoms with Gasteiger partial charge in [-0.05, 0) is 74.7 Å². The number of amides is 1. The molecule has 3 aromatic rings. The maximum atomic E-state index is 14.3. The number of rotatable bonds is 15. The van der Waals surface area contributed by atoms with Crippen LogP contribution in [0.3, 0.4) is 0 Å². The maximum Gasteiger partial charge on any atom is 0.306 e. The number of hydrogen-bond donors (Lipinski definition) is 3. The number of hydrazine groups is 1. The first-order valence-electron chi connectivity index (χ1n) is 15.2. The second kappa shape index (κ2) is 15.6. The van der Waals surface area contributed by atoms with Gasteiger partial charge in [-0.1, -0.05) is 30.3 Å². The van der Waals surface area contributed by atoms with Crippen molar-refractivity contribution >= 4 is 17.8 Å². The quantitative estimate of drug-likeness (QED) is 0.124.